The largest absolute Gasteiger partial charge is 0.107 e. The van der Waals surface area contributed by atoms with Crippen molar-refractivity contribution < 1.29 is 0 Å². The molecular weight excluding hydrogens is 76.1 g/mol. The van der Waals surface area contributed by atoms with Crippen LogP contribution in [0.4, 0.5) is 0 Å². The second kappa shape index (κ2) is 3.70. The molecule has 0 heterocycles. The first kappa shape index (κ1) is 4.70. The van der Waals surface area contributed by atoms with Crippen LogP contribution in [0.25, 0.3) is 0 Å². The van der Waals surface area contributed by atoms with E-state index in [4.69, 9.17) is 0 Å². The lowest BCUT2D eigenvalue weighted by Crippen LogP contribution is -1.67. The van der Waals surface area contributed by atoms with Gasteiger partial charge in [-0.1, -0.05) is 0 Å². The molecule has 0 amide bonds. The summed E-state index contributed by atoms with van der Waals surface area (Å²) >= 11 is 0. The molecule has 0 bridgehead atoms. The highest BCUT2D eigenvalue weighted by Gasteiger charge is 1.55. The Balaban J connectivity index is 2.65. The Bertz CT molecular complexity index is 32.9. The molecule has 0 saturated carbocycles. The predicted molar refractivity (Wildman–Crippen MR) is 28.9 cm³/mol. The first-order valence-corrected chi connectivity index (χ1v) is 3.27. The molecule has 0 saturated heterocycles. The Hall–Kier alpha value is -0.303. The minimum Gasteiger partial charge on any atom is -0.107 e. The van der Waals surface area contributed by atoms with Gasteiger partial charge in [0.1, 0.15) is 0 Å². The van der Waals surface area contributed by atoms with E-state index in [1.54, 1.807) is 0 Å². The molecule has 5 heavy (non-hydrogen) atoms. The van der Waals surface area contributed by atoms with Gasteiger partial charge in [-0.3, -0.25) is 0 Å². The number of hydrogen-bond donors (Lipinski definition) is 0. The Kier molecular flexibility index (Phi) is 3.47. The molecule has 0 aliphatic rings. The van der Waals surface area contributed by atoms with E-state index in [2.05, 4.69) is 13.2 Å². The van der Waals surface area contributed by atoms with Crippen LogP contribution in [0.3, 0.4) is 0 Å². The summed E-state index contributed by atoms with van der Waals surface area (Å²) in [5, 5.41) is 0. The molecule has 28 valence electrons. The van der Waals surface area contributed by atoms with E-state index in [0.29, 0.717) is 0 Å². The Labute approximate surface area is 35.0 Å². The van der Waals surface area contributed by atoms with Crippen LogP contribution in [0.15, 0.2) is 24.6 Å². The second-order valence-electron chi connectivity index (χ2n) is 0.813. The van der Waals surface area contributed by atoms with Crippen molar-refractivity contribution in [1.82, 2.24) is 0 Å². The summed E-state index contributed by atoms with van der Waals surface area (Å²) in [7, 11) is -0.0401. The van der Waals surface area contributed by atoms with Crippen LogP contribution in [0.5, 0.6) is 0 Å². The van der Waals surface area contributed by atoms with Crippen molar-refractivity contribution in [3.8, 4) is 0 Å². The van der Waals surface area contributed by atoms with E-state index < -0.39 is 0 Å². The molecule has 0 aromatic carbocycles. The molecule has 0 aromatic rings. The number of hydrogen-bond acceptors (Lipinski definition) is 0. The van der Waals surface area contributed by atoms with Crippen LogP contribution in [0.2, 0.25) is 0 Å². The zero-order valence-corrected chi connectivity index (χ0v) is 4.69. The average Bonchev–Trinajstić information content (AvgIpc) is 1.41. The Morgan fingerprint density at radius 1 is 1.20 bits per heavy atom. The molecule has 0 radical (unpaired) electrons. The summed E-state index contributed by atoms with van der Waals surface area (Å²) in [5.41, 5.74) is 3.90. The van der Waals surface area contributed by atoms with Crippen LogP contribution >= 0.6 is 0 Å². The smallest absolute Gasteiger partial charge is 0.0676 e. The normalized spacial score (nSPS) is 6.40. The van der Waals surface area contributed by atoms with Gasteiger partial charge in [0.25, 0.3) is 0 Å². The summed E-state index contributed by atoms with van der Waals surface area (Å²) in [6.07, 6.45) is 0. The van der Waals surface area contributed by atoms with Crippen molar-refractivity contribution in [2.24, 2.45) is 0 Å². The van der Waals surface area contributed by atoms with Gasteiger partial charge in [-0.2, -0.15) is 0 Å². The molecule has 0 aliphatic heterocycles. The van der Waals surface area contributed by atoms with Crippen LogP contribution in [-0.4, -0.2) is 9.52 Å². The zero-order chi connectivity index (χ0) is 4.12. The molecular formula is C4H8Si. The monoisotopic (exact) mass is 84.0 g/mol. The summed E-state index contributed by atoms with van der Waals surface area (Å²) in [6.45, 7) is 7.08. The first-order chi connectivity index (χ1) is 2.41. The lowest BCUT2D eigenvalue weighted by atomic mass is 11.2. The van der Waals surface area contributed by atoms with Gasteiger partial charge in [0, 0.05) is 0 Å². The molecule has 0 nitrogen and oxygen atoms in total. The van der Waals surface area contributed by atoms with Crippen LogP contribution in [0.1, 0.15) is 0 Å². The average molecular weight is 84.2 g/mol. The fraction of sp³-hybridized carbons (Fsp3) is 0. The molecule has 0 fully saturated rings. The third kappa shape index (κ3) is 3.70. The van der Waals surface area contributed by atoms with E-state index >= 15 is 0 Å². The molecule has 0 atom stereocenters. The Morgan fingerprint density at radius 2 is 1.60 bits per heavy atom. The van der Waals surface area contributed by atoms with Crippen LogP contribution < -0.4 is 0 Å². The summed E-state index contributed by atoms with van der Waals surface area (Å²) in [6, 6.07) is 0. The molecule has 0 unspecified atom stereocenters. The topological polar surface area (TPSA) is 0 Å². The Morgan fingerprint density at radius 3 is 1.60 bits per heavy atom. The summed E-state index contributed by atoms with van der Waals surface area (Å²) < 4.78 is 0. The molecule has 0 N–H and O–H groups in total. The van der Waals surface area contributed by atoms with Crippen LogP contribution in [0, 0.1) is 0 Å². The van der Waals surface area contributed by atoms with E-state index in [0.717, 1.165) is 0 Å². The van der Waals surface area contributed by atoms with Crippen molar-refractivity contribution in [2.75, 3.05) is 0 Å². The van der Waals surface area contributed by atoms with E-state index in [1.165, 1.54) is 0 Å². The lowest BCUT2D eigenvalue weighted by molar-refractivity contribution is 2.44. The maximum atomic E-state index is 3.54. The quantitative estimate of drug-likeness (QED) is 0.426. The highest BCUT2D eigenvalue weighted by molar-refractivity contribution is 6.47. The minimum atomic E-state index is -0.0401. The SMILES string of the molecule is C=C[SiH2]C=C. The molecule has 0 aliphatic carbocycles. The molecule has 1 heteroatoms. The summed E-state index contributed by atoms with van der Waals surface area (Å²) in [4.78, 5) is 0. The van der Waals surface area contributed by atoms with Crippen molar-refractivity contribution in [3.63, 3.8) is 0 Å². The van der Waals surface area contributed by atoms with Gasteiger partial charge in [0.15, 0.2) is 0 Å². The van der Waals surface area contributed by atoms with E-state index in [9.17, 15) is 0 Å². The van der Waals surface area contributed by atoms with Crippen molar-refractivity contribution in [1.29, 1.82) is 0 Å². The zero-order valence-electron chi connectivity index (χ0n) is 3.28. The van der Waals surface area contributed by atoms with Gasteiger partial charge in [0.05, 0.1) is 9.52 Å². The lowest BCUT2D eigenvalue weighted by Gasteiger charge is -1.62. The fourth-order valence-electron chi connectivity index (χ4n) is 0.118. The van der Waals surface area contributed by atoms with E-state index in [-0.39, 0.29) is 9.52 Å². The third-order valence-corrected chi connectivity index (χ3v) is 1.00. The van der Waals surface area contributed by atoms with Gasteiger partial charge >= 0.3 is 0 Å². The third-order valence-electron chi connectivity index (χ3n) is 0.333. The van der Waals surface area contributed by atoms with Gasteiger partial charge in [-0.15, -0.1) is 24.6 Å². The van der Waals surface area contributed by atoms with Crippen molar-refractivity contribution >= 4 is 9.52 Å². The van der Waals surface area contributed by atoms with Crippen molar-refractivity contribution in [3.05, 3.63) is 24.6 Å². The van der Waals surface area contributed by atoms with Gasteiger partial charge in [-0.05, 0) is 0 Å². The first-order valence-electron chi connectivity index (χ1n) is 1.63. The maximum Gasteiger partial charge on any atom is 0.0676 e. The van der Waals surface area contributed by atoms with Crippen molar-refractivity contribution in [2.45, 2.75) is 0 Å². The fourth-order valence-corrected chi connectivity index (χ4v) is 0.354. The predicted octanol–water partition coefficient (Wildman–Crippen LogP) is 0.442. The molecule has 0 spiro atoms. The highest BCUT2D eigenvalue weighted by atomic mass is 28.2. The molecule has 0 rings (SSSR count). The summed E-state index contributed by atoms with van der Waals surface area (Å²) in [5.74, 6) is 0. The standard InChI is InChI=1S/C4H8Si/c1-3-5-4-2/h3-4H,1-2,5H2. The second-order valence-corrected chi connectivity index (χ2v) is 2.44. The van der Waals surface area contributed by atoms with Gasteiger partial charge < -0.3 is 0 Å². The number of rotatable bonds is 2. The van der Waals surface area contributed by atoms with Crippen LogP contribution in [-0.2, 0) is 0 Å². The van der Waals surface area contributed by atoms with Gasteiger partial charge in [0.2, 0.25) is 0 Å². The molecule has 0 aromatic heterocycles. The minimum absolute atomic E-state index is 0.0401. The maximum absolute atomic E-state index is 3.54. The highest BCUT2D eigenvalue weighted by Crippen LogP contribution is 1.55. The van der Waals surface area contributed by atoms with E-state index in [1.807, 2.05) is 11.4 Å². The van der Waals surface area contributed by atoms with Gasteiger partial charge in [-0.25, -0.2) is 0 Å².